The first kappa shape index (κ1) is 25.9. The van der Waals surface area contributed by atoms with Gasteiger partial charge in [-0.15, -0.1) is 0 Å². The maximum absolute atomic E-state index is 5.94. The van der Waals surface area contributed by atoms with Crippen LogP contribution in [0, 0.1) is 25.2 Å². The molecule has 3 heterocycles. The van der Waals surface area contributed by atoms with E-state index < -0.39 is 5.79 Å². The molecule has 1 N–H and O–H groups in total. The minimum absolute atomic E-state index is 0.125. The van der Waals surface area contributed by atoms with E-state index in [1.54, 1.807) is 0 Å². The lowest BCUT2D eigenvalue weighted by molar-refractivity contribution is -0.263. The first-order chi connectivity index (χ1) is 15.2. The molecule has 1 aliphatic heterocycles. The number of aromatic nitrogens is 3. The number of aryl methyl sites for hydroxylation is 2. The fourth-order valence-electron chi connectivity index (χ4n) is 4.89. The fraction of sp³-hybridized carbons (Fsp3) is 0.769. The number of nitrogens with one attached hydrogen (secondary N) is 1. The lowest BCUT2D eigenvalue weighted by Gasteiger charge is -2.35. The van der Waals surface area contributed by atoms with Crippen molar-refractivity contribution in [1.29, 1.82) is 0 Å². The molecule has 0 radical (unpaired) electrons. The smallest absolute Gasteiger partial charge is 0.162 e. The summed E-state index contributed by atoms with van der Waals surface area (Å²) >= 11 is 0. The lowest BCUT2D eigenvalue weighted by Crippen LogP contribution is -2.40. The van der Waals surface area contributed by atoms with E-state index in [1.165, 1.54) is 0 Å². The highest BCUT2D eigenvalue weighted by molar-refractivity contribution is 5.90. The topological polar surface area (TPSA) is 70.4 Å². The summed E-state index contributed by atoms with van der Waals surface area (Å²) in [5, 5.41) is 3.72. The van der Waals surface area contributed by atoms with Crippen molar-refractivity contribution in [3.8, 4) is 0 Å². The average Bonchev–Trinajstić information content (AvgIpc) is 3.02. The van der Waals surface area contributed by atoms with E-state index in [0.29, 0.717) is 26.4 Å². The van der Waals surface area contributed by atoms with Gasteiger partial charge in [0.2, 0.25) is 0 Å². The van der Waals surface area contributed by atoms with Crippen molar-refractivity contribution in [1.82, 2.24) is 14.5 Å². The number of pyridine rings is 1. The molecule has 7 heteroatoms. The summed E-state index contributed by atoms with van der Waals surface area (Å²) in [6, 6.07) is 0. The second-order valence-electron chi connectivity index (χ2n) is 11.8. The Morgan fingerprint density at radius 2 is 1.73 bits per heavy atom. The number of anilines is 1. The van der Waals surface area contributed by atoms with Crippen molar-refractivity contribution < 1.29 is 14.2 Å². The van der Waals surface area contributed by atoms with E-state index in [1.807, 2.05) is 20.8 Å². The van der Waals surface area contributed by atoms with Gasteiger partial charge in [-0.25, -0.2) is 9.97 Å². The molecule has 2 aromatic rings. The van der Waals surface area contributed by atoms with Gasteiger partial charge < -0.3 is 24.1 Å². The Bertz CT molecular complexity index is 962. The number of ether oxygens (including phenoxy) is 3. The van der Waals surface area contributed by atoms with Gasteiger partial charge in [-0.1, -0.05) is 20.8 Å². The molecule has 186 valence electrons. The third-order valence-corrected chi connectivity index (χ3v) is 6.09. The molecular weight excluding hydrogens is 416 g/mol. The monoisotopic (exact) mass is 460 g/mol. The van der Waals surface area contributed by atoms with E-state index in [9.17, 15) is 0 Å². The summed E-state index contributed by atoms with van der Waals surface area (Å²) in [4.78, 5) is 10.00. The van der Waals surface area contributed by atoms with Gasteiger partial charge in [0.05, 0.1) is 18.7 Å². The second kappa shape index (κ2) is 9.51. The molecule has 2 aromatic heterocycles. The van der Waals surface area contributed by atoms with Crippen molar-refractivity contribution in [3.63, 3.8) is 0 Å². The Morgan fingerprint density at radius 1 is 1.09 bits per heavy atom. The van der Waals surface area contributed by atoms with E-state index >= 15 is 0 Å². The van der Waals surface area contributed by atoms with Crippen molar-refractivity contribution in [2.24, 2.45) is 11.3 Å². The van der Waals surface area contributed by atoms with E-state index in [4.69, 9.17) is 24.2 Å². The molecule has 3 rings (SSSR count). The zero-order chi connectivity index (χ0) is 24.6. The van der Waals surface area contributed by atoms with Gasteiger partial charge in [-0.3, -0.25) is 0 Å². The van der Waals surface area contributed by atoms with E-state index in [-0.39, 0.29) is 16.9 Å². The van der Waals surface area contributed by atoms with Crippen LogP contribution in [0.3, 0.4) is 0 Å². The maximum atomic E-state index is 5.94. The number of hydrogen-bond donors (Lipinski definition) is 1. The molecule has 0 atom stereocenters. The number of rotatable bonds is 8. The predicted octanol–water partition coefficient (Wildman–Crippen LogP) is 5.61. The molecule has 1 aliphatic rings. The summed E-state index contributed by atoms with van der Waals surface area (Å²) in [7, 11) is 0. The van der Waals surface area contributed by atoms with Gasteiger partial charge in [-0.2, -0.15) is 0 Å². The zero-order valence-electron chi connectivity index (χ0n) is 22.4. The van der Waals surface area contributed by atoms with Crippen LogP contribution in [0.1, 0.15) is 78.9 Å². The van der Waals surface area contributed by atoms with Crippen LogP contribution in [0.2, 0.25) is 0 Å². The van der Waals surface area contributed by atoms with Crippen molar-refractivity contribution in [2.45, 2.75) is 100 Å². The Morgan fingerprint density at radius 3 is 2.30 bits per heavy atom. The fourth-order valence-corrected chi connectivity index (χ4v) is 4.89. The molecule has 0 unspecified atom stereocenters. The number of fused-ring (bicyclic) bond motifs is 1. The Labute approximate surface area is 199 Å². The molecule has 0 saturated carbocycles. The molecule has 0 spiro atoms. The molecule has 1 saturated heterocycles. The van der Waals surface area contributed by atoms with Crippen molar-refractivity contribution in [3.05, 3.63) is 17.1 Å². The molecular formula is C26H44N4O3. The van der Waals surface area contributed by atoms with Crippen molar-refractivity contribution >= 4 is 16.9 Å². The first-order valence-corrected chi connectivity index (χ1v) is 12.2. The highest BCUT2D eigenvalue weighted by Gasteiger charge is 2.31. The molecule has 0 aromatic carbocycles. The quantitative estimate of drug-likeness (QED) is 0.552. The van der Waals surface area contributed by atoms with Crippen LogP contribution in [0.5, 0.6) is 0 Å². The third-order valence-electron chi connectivity index (χ3n) is 6.09. The van der Waals surface area contributed by atoms with Gasteiger partial charge in [0.25, 0.3) is 0 Å². The summed E-state index contributed by atoms with van der Waals surface area (Å²) < 4.78 is 20.0. The maximum Gasteiger partial charge on any atom is 0.162 e. The van der Waals surface area contributed by atoms with Gasteiger partial charge in [-0.05, 0) is 65.9 Å². The highest BCUT2D eigenvalue weighted by Crippen LogP contribution is 2.34. The molecule has 0 bridgehead atoms. The summed E-state index contributed by atoms with van der Waals surface area (Å²) in [5.41, 5.74) is 4.27. The van der Waals surface area contributed by atoms with Crippen molar-refractivity contribution in [2.75, 3.05) is 25.1 Å². The Hall–Kier alpha value is -1.70. The largest absolute Gasteiger partial charge is 0.374 e. The van der Waals surface area contributed by atoms with Crippen LogP contribution in [-0.2, 0) is 27.4 Å². The first-order valence-electron chi connectivity index (χ1n) is 12.2. The van der Waals surface area contributed by atoms with Crippen LogP contribution < -0.4 is 5.32 Å². The lowest BCUT2D eigenvalue weighted by atomic mass is 9.82. The minimum Gasteiger partial charge on any atom is -0.374 e. The van der Waals surface area contributed by atoms with E-state index in [0.717, 1.165) is 46.9 Å². The summed E-state index contributed by atoms with van der Waals surface area (Å²) in [5.74, 6) is 1.49. The number of hydrogen-bond acceptors (Lipinski definition) is 6. The highest BCUT2D eigenvalue weighted by atomic mass is 16.7. The van der Waals surface area contributed by atoms with Gasteiger partial charge >= 0.3 is 0 Å². The van der Waals surface area contributed by atoms with E-state index in [2.05, 4.69) is 58.4 Å². The summed E-state index contributed by atoms with van der Waals surface area (Å²) in [6.07, 6.45) is 1.01. The summed E-state index contributed by atoms with van der Waals surface area (Å²) in [6.45, 7) is 24.6. The van der Waals surface area contributed by atoms with Crippen LogP contribution in [0.4, 0.5) is 5.82 Å². The van der Waals surface area contributed by atoms with Crippen LogP contribution in [0.25, 0.3) is 11.0 Å². The number of imidazole rings is 1. The number of nitrogens with zero attached hydrogens (tertiary/aromatic N) is 3. The molecule has 0 amide bonds. The minimum atomic E-state index is -0.520. The third kappa shape index (κ3) is 6.46. The predicted molar refractivity (Wildman–Crippen MR) is 134 cm³/mol. The second-order valence-corrected chi connectivity index (χ2v) is 11.8. The van der Waals surface area contributed by atoms with Gasteiger partial charge in [0, 0.05) is 30.3 Å². The molecule has 0 aliphatic carbocycles. The standard InChI is InChI=1S/C26H44N4O3/c1-11-31-15-20-28-21-22(30(20)12-19-13-32-26(9,10)33-14-19)17(2)18(3)27-23(21)29-25(7,8)16-24(4,5)6/h19H,11-16H2,1-10H3,(H,27,29). The van der Waals surface area contributed by atoms with Crippen LogP contribution in [0.15, 0.2) is 0 Å². The van der Waals surface area contributed by atoms with Crippen LogP contribution in [-0.4, -0.2) is 45.7 Å². The Balaban J connectivity index is 2.04. The Kier molecular flexibility index (Phi) is 7.47. The molecule has 7 nitrogen and oxygen atoms in total. The normalized spacial score (nSPS) is 17.6. The average molecular weight is 461 g/mol. The zero-order valence-corrected chi connectivity index (χ0v) is 22.4. The molecule has 1 fully saturated rings. The SMILES string of the molecule is CCOCc1nc2c(NC(C)(C)CC(C)(C)C)nc(C)c(C)c2n1CC1COC(C)(C)OC1. The molecule has 33 heavy (non-hydrogen) atoms. The van der Waals surface area contributed by atoms with Crippen LogP contribution >= 0.6 is 0 Å². The van der Waals surface area contributed by atoms with Gasteiger partial charge in [0.15, 0.2) is 11.6 Å². The van der Waals surface area contributed by atoms with Gasteiger partial charge in [0.1, 0.15) is 17.9 Å².